The molecule has 18 heavy (non-hydrogen) atoms. The van der Waals surface area contributed by atoms with Gasteiger partial charge in [-0.1, -0.05) is 19.1 Å². The van der Waals surface area contributed by atoms with Crippen molar-refractivity contribution in [3.05, 3.63) is 35.6 Å². The fourth-order valence-electron chi connectivity index (χ4n) is 1.93. The number of hydrogen-bond donors (Lipinski definition) is 2. The molecule has 2 atom stereocenters. The van der Waals surface area contributed by atoms with Crippen LogP contribution in [0.3, 0.4) is 0 Å². The summed E-state index contributed by atoms with van der Waals surface area (Å²) in [5.74, 6) is 0.461. The maximum atomic E-state index is 13.2. The predicted molar refractivity (Wildman–Crippen MR) is 76.4 cm³/mol. The Morgan fingerprint density at radius 2 is 2.22 bits per heavy atom. The largest absolute Gasteiger partial charge is 0.388 e. The zero-order valence-corrected chi connectivity index (χ0v) is 12.1. The molecule has 1 aromatic carbocycles. The lowest BCUT2D eigenvalue weighted by molar-refractivity contribution is 0.0812. The zero-order valence-electron chi connectivity index (χ0n) is 11.2. The third-order valence-corrected chi connectivity index (χ3v) is 3.75. The summed E-state index contributed by atoms with van der Waals surface area (Å²) in [4.78, 5) is 0. The molecule has 2 unspecified atom stereocenters. The quantitative estimate of drug-likeness (QED) is 0.799. The Morgan fingerprint density at radius 3 is 2.78 bits per heavy atom. The molecule has 0 aliphatic heterocycles. The smallest absolute Gasteiger partial charge is 0.123 e. The van der Waals surface area contributed by atoms with E-state index in [2.05, 4.69) is 5.32 Å². The molecule has 0 aliphatic carbocycles. The van der Waals surface area contributed by atoms with Crippen molar-refractivity contribution in [2.45, 2.75) is 31.9 Å². The Labute approximate surface area is 113 Å². The molecule has 0 amide bonds. The molecule has 0 saturated heterocycles. The minimum absolute atomic E-state index is 0.0778. The predicted octanol–water partition coefficient (Wildman–Crippen LogP) is 2.98. The van der Waals surface area contributed by atoms with E-state index in [-0.39, 0.29) is 11.9 Å². The summed E-state index contributed by atoms with van der Waals surface area (Å²) in [7, 11) is 0. The molecule has 2 nitrogen and oxygen atoms in total. The van der Waals surface area contributed by atoms with Crippen LogP contribution >= 0.6 is 11.8 Å². The van der Waals surface area contributed by atoms with E-state index >= 15 is 0 Å². The average molecular weight is 271 g/mol. The highest BCUT2D eigenvalue weighted by Gasteiger charge is 2.21. The first kappa shape index (κ1) is 15.5. The van der Waals surface area contributed by atoms with Crippen molar-refractivity contribution in [3.63, 3.8) is 0 Å². The van der Waals surface area contributed by atoms with Crippen molar-refractivity contribution in [2.24, 2.45) is 0 Å². The van der Waals surface area contributed by atoms with Gasteiger partial charge in [0.15, 0.2) is 0 Å². The second-order valence-corrected chi connectivity index (χ2v) is 5.69. The van der Waals surface area contributed by atoms with Gasteiger partial charge in [-0.05, 0) is 37.3 Å². The number of nitrogens with one attached hydrogen (secondary N) is 1. The van der Waals surface area contributed by atoms with Crippen LogP contribution in [0.25, 0.3) is 0 Å². The van der Waals surface area contributed by atoms with Crippen molar-refractivity contribution in [1.29, 1.82) is 0 Å². The van der Waals surface area contributed by atoms with Gasteiger partial charge in [-0.15, -0.1) is 0 Å². The van der Waals surface area contributed by atoms with Gasteiger partial charge in [-0.25, -0.2) is 4.39 Å². The Hall–Kier alpha value is -0.580. The first-order valence-electron chi connectivity index (χ1n) is 6.18. The fraction of sp³-hybridized carbons (Fsp3) is 0.571. The third kappa shape index (κ3) is 4.96. The molecule has 1 aromatic rings. The summed E-state index contributed by atoms with van der Waals surface area (Å²) in [5.41, 5.74) is 0.192. The van der Waals surface area contributed by atoms with Crippen molar-refractivity contribution in [2.75, 3.05) is 18.6 Å². The zero-order chi connectivity index (χ0) is 13.6. The number of rotatable bonds is 7. The third-order valence-electron chi connectivity index (χ3n) is 2.84. The molecule has 0 heterocycles. The second-order valence-electron chi connectivity index (χ2n) is 4.83. The number of hydrogen-bond acceptors (Lipinski definition) is 3. The highest BCUT2D eigenvalue weighted by molar-refractivity contribution is 7.98. The van der Waals surface area contributed by atoms with Crippen LogP contribution in [0.5, 0.6) is 0 Å². The Bertz CT molecular complexity index is 371. The van der Waals surface area contributed by atoms with Crippen LogP contribution in [-0.4, -0.2) is 29.3 Å². The van der Waals surface area contributed by atoms with E-state index in [9.17, 15) is 9.50 Å². The van der Waals surface area contributed by atoms with Crippen LogP contribution in [0.15, 0.2) is 24.3 Å². The van der Waals surface area contributed by atoms with Gasteiger partial charge >= 0.3 is 0 Å². The summed E-state index contributed by atoms with van der Waals surface area (Å²) < 4.78 is 13.2. The van der Waals surface area contributed by atoms with Gasteiger partial charge < -0.3 is 10.4 Å². The minimum Gasteiger partial charge on any atom is -0.388 e. The standard InChI is InChI=1S/C14H22FNOS/c1-4-13(11-6-5-7-12(15)8-11)16-9-14(2,17)10-18-3/h5-8,13,16-17H,4,9-10H2,1-3H3. The highest BCUT2D eigenvalue weighted by atomic mass is 32.2. The van der Waals surface area contributed by atoms with Gasteiger partial charge in [0.05, 0.1) is 5.60 Å². The van der Waals surface area contributed by atoms with E-state index in [1.165, 1.54) is 6.07 Å². The molecule has 0 spiro atoms. The van der Waals surface area contributed by atoms with E-state index in [0.717, 1.165) is 12.0 Å². The maximum absolute atomic E-state index is 13.2. The second kappa shape index (κ2) is 7.12. The van der Waals surface area contributed by atoms with Crippen LogP contribution in [0, 0.1) is 5.82 Å². The summed E-state index contributed by atoms with van der Waals surface area (Å²) in [6.07, 6.45) is 2.83. The van der Waals surface area contributed by atoms with Crippen LogP contribution in [0.1, 0.15) is 31.9 Å². The Balaban J connectivity index is 2.63. The van der Waals surface area contributed by atoms with Crippen molar-refractivity contribution >= 4 is 11.8 Å². The molecule has 0 bridgehead atoms. The first-order valence-corrected chi connectivity index (χ1v) is 7.58. The van der Waals surface area contributed by atoms with E-state index in [1.54, 1.807) is 23.9 Å². The SMILES string of the molecule is CCC(NCC(C)(O)CSC)c1cccc(F)c1. The summed E-state index contributed by atoms with van der Waals surface area (Å²) in [6, 6.07) is 6.70. The maximum Gasteiger partial charge on any atom is 0.123 e. The molecule has 1 rings (SSSR count). The molecule has 0 saturated carbocycles. The van der Waals surface area contributed by atoms with Crippen LogP contribution in [0.2, 0.25) is 0 Å². The summed E-state index contributed by atoms with van der Waals surface area (Å²) >= 11 is 1.62. The summed E-state index contributed by atoms with van der Waals surface area (Å²) in [5, 5.41) is 13.4. The van der Waals surface area contributed by atoms with Gasteiger partial charge in [0, 0.05) is 18.3 Å². The van der Waals surface area contributed by atoms with Crippen LogP contribution < -0.4 is 5.32 Å². The molecule has 2 N–H and O–H groups in total. The van der Waals surface area contributed by atoms with Crippen LogP contribution in [-0.2, 0) is 0 Å². The number of aliphatic hydroxyl groups is 1. The molecule has 102 valence electrons. The normalized spacial score (nSPS) is 16.3. The molecular weight excluding hydrogens is 249 g/mol. The average Bonchev–Trinajstić information content (AvgIpc) is 2.29. The molecule has 0 radical (unpaired) electrons. The fourth-order valence-corrected chi connectivity index (χ4v) is 2.65. The Kier molecular flexibility index (Phi) is 6.12. The lowest BCUT2D eigenvalue weighted by Crippen LogP contribution is -2.41. The summed E-state index contributed by atoms with van der Waals surface area (Å²) in [6.45, 7) is 4.36. The van der Waals surface area contributed by atoms with E-state index < -0.39 is 5.60 Å². The van der Waals surface area contributed by atoms with E-state index in [4.69, 9.17) is 0 Å². The molecule has 0 aliphatic rings. The molecule has 0 aromatic heterocycles. The van der Waals surface area contributed by atoms with E-state index in [0.29, 0.717) is 12.3 Å². The van der Waals surface area contributed by atoms with E-state index in [1.807, 2.05) is 26.2 Å². The molecular formula is C14H22FNOS. The van der Waals surface area contributed by atoms with Crippen molar-refractivity contribution in [3.8, 4) is 0 Å². The van der Waals surface area contributed by atoms with Crippen LogP contribution in [0.4, 0.5) is 4.39 Å². The molecule has 0 fully saturated rings. The Morgan fingerprint density at radius 1 is 1.50 bits per heavy atom. The highest BCUT2D eigenvalue weighted by Crippen LogP contribution is 2.19. The lowest BCUT2D eigenvalue weighted by Gasteiger charge is -2.26. The number of thioether (sulfide) groups is 1. The molecule has 4 heteroatoms. The minimum atomic E-state index is -0.736. The number of benzene rings is 1. The van der Waals surface area contributed by atoms with Crippen molar-refractivity contribution in [1.82, 2.24) is 5.32 Å². The van der Waals surface area contributed by atoms with Gasteiger partial charge in [0.25, 0.3) is 0 Å². The lowest BCUT2D eigenvalue weighted by atomic mass is 10.0. The topological polar surface area (TPSA) is 32.3 Å². The number of halogens is 1. The van der Waals surface area contributed by atoms with Gasteiger partial charge in [-0.2, -0.15) is 11.8 Å². The van der Waals surface area contributed by atoms with Crippen molar-refractivity contribution < 1.29 is 9.50 Å². The first-order chi connectivity index (χ1) is 8.48. The van der Waals surface area contributed by atoms with Gasteiger partial charge in [0.2, 0.25) is 0 Å². The van der Waals surface area contributed by atoms with Gasteiger partial charge in [0.1, 0.15) is 5.82 Å². The van der Waals surface area contributed by atoms with Gasteiger partial charge in [-0.3, -0.25) is 0 Å². The monoisotopic (exact) mass is 271 g/mol.